The first kappa shape index (κ1) is 19.9. The summed E-state index contributed by atoms with van der Waals surface area (Å²) in [6.07, 6.45) is -3.60. The first-order valence-electron chi connectivity index (χ1n) is 6.41. The molecule has 0 bridgehead atoms. The summed E-state index contributed by atoms with van der Waals surface area (Å²) in [6, 6.07) is 0. The van der Waals surface area contributed by atoms with Crippen molar-refractivity contribution in [2.24, 2.45) is 0 Å². The molecule has 0 amide bonds. The average molecular weight is 340 g/mol. The molecule has 4 nitrogen and oxygen atoms in total. The fourth-order valence-electron chi connectivity index (χ4n) is 1.51. The van der Waals surface area contributed by atoms with Gasteiger partial charge in [-0.15, -0.1) is 11.6 Å². The third kappa shape index (κ3) is 9.79. The Hall–Kier alpha value is -0.0500. The van der Waals surface area contributed by atoms with Gasteiger partial charge in [0.2, 0.25) is 10.0 Å². The molecule has 20 heavy (non-hydrogen) atoms. The predicted octanol–water partition coefficient (Wildman–Crippen LogP) is 2.63. The van der Waals surface area contributed by atoms with Crippen molar-refractivity contribution in [1.29, 1.82) is 0 Å². The van der Waals surface area contributed by atoms with Crippen molar-refractivity contribution >= 4 is 21.6 Å². The van der Waals surface area contributed by atoms with Gasteiger partial charge >= 0.3 is 6.18 Å². The standard InChI is InChI=1S/C11H21ClF3NO3S/c1-2-19-8-5-7-16(10-11(13,14)15)20(17,18)9-4-3-6-12/h2-10H2,1H3. The summed E-state index contributed by atoms with van der Waals surface area (Å²) in [5.74, 6) is -0.0242. The molecule has 0 rings (SSSR count). The lowest BCUT2D eigenvalue weighted by Gasteiger charge is -2.23. The fraction of sp³-hybridized carbons (Fsp3) is 1.00. The van der Waals surface area contributed by atoms with Gasteiger partial charge in [0.05, 0.1) is 5.75 Å². The highest BCUT2D eigenvalue weighted by Gasteiger charge is 2.35. The molecule has 0 radical (unpaired) electrons. The third-order valence-electron chi connectivity index (χ3n) is 2.44. The van der Waals surface area contributed by atoms with Gasteiger partial charge < -0.3 is 4.74 Å². The molecule has 0 aliphatic heterocycles. The van der Waals surface area contributed by atoms with E-state index in [9.17, 15) is 21.6 Å². The summed E-state index contributed by atoms with van der Waals surface area (Å²) >= 11 is 5.43. The van der Waals surface area contributed by atoms with E-state index in [1.807, 2.05) is 0 Å². The number of halogens is 4. The van der Waals surface area contributed by atoms with Gasteiger partial charge in [-0.25, -0.2) is 8.42 Å². The van der Waals surface area contributed by atoms with Crippen molar-refractivity contribution in [3.8, 4) is 0 Å². The molecular formula is C11H21ClF3NO3S. The Labute approximate surface area is 123 Å². The van der Waals surface area contributed by atoms with Crippen molar-refractivity contribution in [2.75, 3.05) is 37.9 Å². The van der Waals surface area contributed by atoms with E-state index in [4.69, 9.17) is 16.3 Å². The molecule has 0 atom stereocenters. The lowest BCUT2D eigenvalue weighted by molar-refractivity contribution is -0.136. The van der Waals surface area contributed by atoms with Gasteiger partial charge in [-0.05, 0) is 26.2 Å². The summed E-state index contributed by atoms with van der Waals surface area (Å²) in [4.78, 5) is 0. The molecule has 0 aromatic rings. The van der Waals surface area contributed by atoms with E-state index in [2.05, 4.69) is 0 Å². The first-order valence-corrected chi connectivity index (χ1v) is 8.55. The van der Waals surface area contributed by atoms with Crippen LogP contribution in [0.25, 0.3) is 0 Å². The zero-order chi connectivity index (χ0) is 15.6. The maximum absolute atomic E-state index is 12.4. The summed E-state index contributed by atoms with van der Waals surface area (Å²) < 4.78 is 66.6. The first-order chi connectivity index (χ1) is 9.23. The Kier molecular flexibility index (Phi) is 9.78. The fourth-order valence-corrected chi connectivity index (χ4v) is 3.28. The van der Waals surface area contributed by atoms with Crippen molar-refractivity contribution in [2.45, 2.75) is 32.4 Å². The van der Waals surface area contributed by atoms with Gasteiger partial charge in [-0.1, -0.05) is 0 Å². The van der Waals surface area contributed by atoms with E-state index in [0.29, 0.717) is 23.2 Å². The van der Waals surface area contributed by atoms with Gasteiger partial charge in [0, 0.05) is 25.6 Å². The molecule has 0 saturated heterocycles. The van der Waals surface area contributed by atoms with Gasteiger partial charge in [-0.3, -0.25) is 0 Å². The minimum atomic E-state index is -4.55. The van der Waals surface area contributed by atoms with E-state index >= 15 is 0 Å². The molecule has 0 N–H and O–H groups in total. The number of alkyl halides is 4. The quantitative estimate of drug-likeness (QED) is 0.429. The van der Waals surface area contributed by atoms with Crippen LogP contribution in [0.3, 0.4) is 0 Å². The lowest BCUT2D eigenvalue weighted by Crippen LogP contribution is -2.41. The number of ether oxygens (including phenoxy) is 1. The number of rotatable bonds is 11. The Bertz CT molecular complexity index is 349. The highest BCUT2D eigenvalue weighted by atomic mass is 35.5. The van der Waals surface area contributed by atoms with Crippen LogP contribution in [-0.2, 0) is 14.8 Å². The molecule has 0 fully saturated rings. The van der Waals surface area contributed by atoms with Crippen LogP contribution in [0.1, 0.15) is 26.2 Å². The number of nitrogens with zero attached hydrogens (tertiary/aromatic N) is 1. The van der Waals surface area contributed by atoms with Crippen molar-refractivity contribution in [1.82, 2.24) is 4.31 Å². The second-order valence-electron chi connectivity index (χ2n) is 4.21. The van der Waals surface area contributed by atoms with Crippen molar-refractivity contribution in [3.63, 3.8) is 0 Å². The number of hydrogen-bond acceptors (Lipinski definition) is 3. The highest BCUT2D eigenvalue weighted by molar-refractivity contribution is 7.89. The van der Waals surface area contributed by atoms with Crippen LogP contribution >= 0.6 is 11.6 Å². The molecule has 0 heterocycles. The molecule has 0 unspecified atom stereocenters. The van der Waals surface area contributed by atoms with E-state index in [0.717, 1.165) is 0 Å². The summed E-state index contributed by atoms with van der Waals surface area (Å²) in [6.45, 7) is 0.797. The Morgan fingerprint density at radius 1 is 1.20 bits per heavy atom. The second-order valence-corrected chi connectivity index (χ2v) is 6.68. The van der Waals surface area contributed by atoms with Crippen molar-refractivity contribution in [3.05, 3.63) is 0 Å². The number of sulfonamides is 1. The third-order valence-corrected chi connectivity index (χ3v) is 4.61. The van der Waals surface area contributed by atoms with Gasteiger partial charge in [0.15, 0.2) is 0 Å². The van der Waals surface area contributed by atoms with Crippen LogP contribution in [0.4, 0.5) is 13.2 Å². The largest absolute Gasteiger partial charge is 0.402 e. The van der Waals surface area contributed by atoms with E-state index in [1.165, 1.54) is 0 Å². The Morgan fingerprint density at radius 2 is 1.85 bits per heavy atom. The van der Waals surface area contributed by atoms with E-state index < -0.39 is 22.7 Å². The Balaban J connectivity index is 4.56. The highest BCUT2D eigenvalue weighted by Crippen LogP contribution is 2.19. The molecule has 0 aliphatic rings. The Morgan fingerprint density at radius 3 is 2.35 bits per heavy atom. The lowest BCUT2D eigenvalue weighted by atomic mass is 10.4. The van der Waals surface area contributed by atoms with Crippen LogP contribution in [0.2, 0.25) is 0 Å². The van der Waals surface area contributed by atoms with Gasteiger partial charge in [-0.2, -0.15) is 17.5 Å². The molecule has 0 aliphatic carbocycles. The van der Waals surface area contributed by atoms with Crippen LogP contribution in [0, 0.1) is 0 Å². The van der Waals surface area contributed by atoms with E-state index in [1.54, 1.807) is 6.92 Å². The zero-order valence-corrected chi connectivity index (χ0v) is 13.0. The summed E-state index contributed by atoms with van der Waals surface area (Å²) in [5.41, 5.74) is 0. The van der Waals surface area contributed by atoms with Crippen molar-refractivity contribution < 1.29 is 26.3 Å². The zero-order valence-electron chi connectivity index (χ0n) is 11.5. The normalized spacial score (nSPS) is 13.1. The van der Waals surface area contributed by atoms with Crippen LogP contribution < -0.4 is 0 Å². The summed E-state index contributed by atoms with van der Waals surface area (Å²) in [5, 5.41) is 0. The van der Waals surface area contributed by atoms with Gasteiger partial charge in [0.1, 0.15) is 6.54 Å². The molecule has 0 aromatic heterocycles. The van der Waals surface area contributed by atoms with Gasteiger partial charge in [0.25, 0.3) is 0 Å². The van der Waals surface area contributed by atoms with Crippen LogP contribution in [0.15, 0.2) is 0 Å². The van der Waals surface area contributed by atoms with E-state index in [-0.39, 0.29) is 31.7 Å². The number of hydrogen-bond donors (Lipinski definition) is 0. The van der Waals surface area contributed by atoms with Crippen LogP contribution in [-0.4, -0.2) is 56.8 Å². The molecule has 0 aromatic carbocycles. The smallest absolute Gasteiger partial charge is 0.382 e. The monoisotopic (exact) mass is 339 g/mol. The maximum Gasteiger partial charge on any atom is 0.402 e. The average Bonchev–Trinajstić information content (AvgIpc) is 2.32. The number of unbranched alkanes of at least 4 members (excludes halogenated alkanes) is 1. The predicted molar refractivity (Wildman–Crippen MR) is 72.5 cm³/mol. The minimum absolute atomic E-state index is 0.192. The summed E-state index contributed by atoms with van der Waals surface area (Å²) in [7, 11) is -3.92. The molecule has 9 heteroatoms. The molecule has 0 spiro atoms. The van der Waals surface area contributed by atoms with Crippen LogP contribution in [0.5, 0.6) is 0 Å². The second kappa shape index (κ2) is 9.81. The maximum atomic E-state index is 12.4. The minimum Gasteiger partial charge on any atom is -0.382 e. The molecule has 122 valence electrons. The molecular weight excluding hydrogens is 319 g/mol. The topological polar surface area (TPSA) is 46.6 Å². The molecule has 0 saturated carbocycles. The SMILES string of the molecule is CCOCCCN(CC(F)(F)F)S(=O)(=O)CCCCCl.